The molecule has 4 heteroatoms. The van der Waals surface area contributed by atoms with Gasteiger partial charge in [0, 0.05) is 11.9 Å². The summed E-state index contributed by atoms with van der Waals surface area (Å²) in [4.78, 5) is 17.0. The maximum atomic E-state index is 12.3. The lowest BCUT2D eigenvalue weighted by molar-refractivity contribution is -0.120. The minimum atomic E-state index is -0.193. The van der Waals surface area contributed by atoms with Crippen LogP contribution in [0, 0.1) is 6.92 Å². The summed E-state index contributed by atoms with van der Waals surface area (Å²) in [6, 6.07) is 20.1. The molecule has 24 heavy (non-hydrogen) atoms. The number of pyridine rings is 1. The van der Waals surface area contributed by atoms with Crippen molar-refractivity contribution in [3.63, 3.8) is 0 Å². The zero-order chi connectivity index (χ0) is 16.9. The Morgan fingerprint density at radius 2 is 1.83 bits per heavy atom. The second-order valence-electron chi connectivity index (χ2n) is 5.76. The Bertz CT molecular complexity index is 849. The van der Waals surface area contributed by atoms with Crippen molar-refractivity contribution in [1.29, 1.82) is 0 Å². The van der Waals surface area contributed by atoms with E-state index >= 15 is 0 Å². The van der Waals surface area contributed by atoms with Crippen molar-refractivity contribution in [2.75, 3.05) is 0 Å². The first-order valence-corrected chi connectivity index (χ1v) is 8.86. The van der Waals surface area contributed by atoms with E-state index in [-0.39, 0.29) is 11.2 Å². The number of nitrogens with one attached hydrogen (secondary N) is 1. The molecular weight excluding hydrogens is 316 g/mol. The monoisotopic (exact) mass is 336 g/mol. The quantitative estimate of drug-likeness (QED) is 0.705. The van der Waals surface area contributed by atoms with Crippen LogP contribution in [0.4, 0.5) is 0 Å². The lowest BCUT2D eigenvalue weighted by Crippen LogP contribution is -2.30. The number of aryl methyl sites for hydroxylation is 1. The first-order chi connectivity index (χ1) is 11.6. The summed E-state index contributed by atoms with van der Waals surface area (Å²) in [6.07, 6.45) is 0. The molecular formula is C20H20N2OS. The average molecular weight is 336 g/mol. The number of rotatable bonds is 5. The summed E-state index contributed by atoms with van der Waals surface area (Å²) < 4.78 is 0. The predicted octanol–water partition coefficient (Wildman–Crippen LogP) is 4.34. The van der Waals surface area contributed by atoms with Crippen molar-refractivity contribution in [2.45, 2.75) is 30.7 Å². The van der Waals surface area contributed by atoms with Crippen LogP contribution >= 0.6 is 11.8 Å². The number of aromatic nitrogens is 1. The number of hydrogen-bond acceptors (Lipinski definition) is 3. The number of fused-ring (bicyclic) bond motifs is 1. The molecule has 2 aromatic carbocycles. The molecule has 0 aliphatic heterocycles. The van der Waals surface area contributed by atoms with E-state index in [2.05, 4.69) is 23.3 Å². The summed E-state index contributed by atoms with van der Waals surface area (Å²) in [6.45, 7) is 4.54. The maximum Gasteiger partial charge on any atom is 0.233 e. The molecule has 3 nitrogen and oxygen atoms in total. The van der Waals surface area contributed by atoms with E-state index in [4.69, 9.17) is 0 Å². The van der Waals surface area contributed by atoms with Crippen molar-refractivity contribution in [3.8, 4) is 0 Å². The van der Waals surface area contributed by atoms with Gasteiger partial charge < -0.3 is 5.32 Å². The van der Waals surface area contributed by atoms with Crippen LogP contribution in [0.2, 0.25) is 0 Å². The highest BCUT2D eigenvalue weighted by molar-refractivity contribution is 8.00. The first kappa shape index (κ1) is 16.5. The number of amides is 1. The smallest absolute Gasteiger partial charge is 0.233 e. The van der Waals surface area contributed by atoms with Crippen LogP contribution in [-0.2, 0) is 11.3 Å². The molecule has 0 radical (unpaired) electrons. The molecule has 0 aliphatic carbocycles. The van der Waals surface area contributed by atoms with E-state index in [9.17, 15) is 4.79 Å². The third-order valence-corrected chi connectivity index (χ3v) is 4.89. The lowest BCUT2D eigenvalue weighted by Gasteiger charge is -2.13. The molecule has 0 saturated heterocycles. The van der Waals surface area contributed by atoms with Gasteiger partial charge in [-0.05, 0) is 37.1 Å². The van der Waals surface area contributed by atoms with Crippen molar-refractivity contribution >= 4 is 28.6 Å². The third-order valence-electron chi connectivity index (χ3n) is 3.88. The lowest BCUT2D eigenvalue weighted by atomic mass is 10.1. The normalized spacial score (nSPS) is 12.1. The van der Waals surface area contributed by atoms with Crippen molar-refractivity contribution in [1.82, 2.24) is 10.3 Å². The van der Waals surface area contributed by atoms with Crippen molar-refractivity contribution in [3.05, 3.63) is 71.8 Å². The zero-order valence-corrected chi connectivity index (χ0v) is 14.6. The third kappa shape index (κ3) is 3.95. The largest absolute Gasteiger partial charge is 0.351 e. The van der Waals surface area contributed by atoms with Gasteiger partial charge in [-0.15, -0.1) is 0 Å². The van der Waals surface area contributed by atoms with E-state index in [1.807, 2.05) is 61.5 Å². The number of thioether (sulfide) groups is 1. The molecule has 0 bridgehead atoms. The Morgan fingerprint density at radius 1 is 1.12 bits per heavy atom. The number of nitrogens with zero attached hydrogens (tertiary/aromatic N) is 1. The number of para-hydroxylation sites is 1. The van der Waals surface area contributed by atoms with Crippen LogP contribution in [0.3, 0.4) is 0 Å². The molecule has 1 heterocycles. The highest BCUT2D eigenvalue weighted by Gasteiger charge is 2.15. The molecule has 1 amide bonds. The van der Waals surface area contributed by atoms with Gasteiger partial charge in [-0.2, -0.15) is 0 Å². The maximum absolute atomic E-state index is 12.3. The molecule has 1 N–H and O–H groups in total. The molecule has 1 aromatic heterocycles. The topological polar surface area (TPSA) is 42.0 Å². The fourth-order valence-corrected chi connectivity index (χ4v) is 3.49. The Balaban J connectivity index is 1.65. The van der Waals surface area contributed by atoms with Crippen LogP contribution < -0.4 is 5.32 Å². The van der Waals surface area contributed by atoms with Gasteiger partial charge in [0.15, 0.2) is 0 Å². The molecule has 122 valence electrons. The van der Waals surface area contributed by atoms with Crippen LogP contribution in [-0.4, -0.2) is 16.1 Å². The molecule has 0 aliphatic rings. The summed E-state index contributed by atoms with van der Waals surface area (Å²) >= 11 is 1.49. The highest BCUT2D eigenvalue weighted by atomic mass is 32.2. The second kappa shape index (κ2) is 7.49. The van der Waals surface area contributed by atoms with Crippen LogP contribution in [0.5, 0.6) is 0 Å². The fourth-order valence-electron chi connectivity index (χ4n) is 2.54. The minimum Gasteiger partial charge on any atom is -0.351 e. The van der Waals surface area contributed by atoms with Gasteiger partial charge in [-0.3, -0.25) is 4.79 Å². The predicted molar refractivity (Wildman–Crippen MR) is 100 cm³/mol. The van der Waals surface area contributed by atoms with E-state index in [1.54, 1.807) is 0 Å². The summed E-state index contributed by atoms with van der Waals surface area (Å²) in [7, 11) is 0. The number of carbonyl (C=O) groups excluding carboxylic acids is 1. The zero-order valence-electron chi connectivity index (χ0n) is 13.8. The van der Waals surface area contributed by atoms with Crippen molar-refractivity contribution in [2.24, 2.45) is 0 Å². The minimum absolute atomic E-state index is 0.0245. The highest BCUT2D eigenvalue weighted by Crippen LogP contribution is 2.26. The number of benzene rings is 2. The van der Waals surface area contributed by atoms with E-state index in [0.29, 0.717) is 6.54 Å². The molecule has 3 aromatic rings. The summed E-state index contributed by atoms with van der Waals surface area (Å²) in [5.74, 6) is 0.0245. The van der Waals surface area contributed by atoms with Gasteiger partial charge in [-0.25, -0.2) is 4.98 Å². The Kier molecular flexibility index (Phi) is 5.16. The van der Waals surface area contributed by atoms with E-state index < -0.39 is 0 Å². The molecule has 1 unspecified atom stereocenters. The van der Waals surface area contributed by atoms with Gasteiger partial charge in [0.2, 0.25) is 5.91 Å². The Morgan fingerprint density at radius 3 is 2.62 bits per heavy atom. The standard InChI is InChI=1S/C20H20N2OS/c1-14-12-19(22-18-11-7-6-10-17(14)18)24-15(2)20(23)21-13-16-8-4-3-5-9-16/h3-12,15H,13H2,1-2H3,(H,21,23). The van der Waals surface area contributed by atoms with E-state index in [1.165, 1.54) is 17.3 Å². The summed E-state index contributed by atoms with van der Waals surface area (Å²) in [5.41, 5.74) is 3.25. The van der Waals surface area contributed by atoms with Crippen LogP contribution in [0.25, 0.3) is 10.9 Å². The van der Waals surface area contributed by atoms with Crippen LogP contribution in [0.1, 0.15) is 18.1 Å². The van der Waals surface area contributed by atoms with Gasteiger partial charge in [0.1, 0.15) is 0 Å². The molecule has 1 atom stereocenters. The SMILES string of the molecule is Cc1cc(SC(C)C(=O)NCc2ccccc2)nc2ccccc12. The van der Waals surface area contributed by atoms with E-state index in [0.717, 1.165) is 21.5 Å². The molecule has 0 spiro atoms. The molecule has 0 fully saturated rings. The van der Waals surface area contributed by atoms with Gasteiger partial charge >= 0.3 is 0 Å². The van der Waals surface area contributed by atoms with Gasteiger partial charge in [-0.1, -0.05) is 60.3 Å². The Hall–Kier alpha value is -2.33. The molecule has 3 rings (SSSR count). The van der Waals surface area contributed by atoms with Gasteiger partial charge in [0.25, 0.3) is 0 Å². The van der Waals surface area contributed by atoms with Crippen LogP contribution in [0.15, 0.2) is 65.7 Å². The first-order valence-electron chi connectivity index (χ1n) is 7.98. The number of carbonyl (C=O) groups is 1. The van der Waals surface area contributed by atoms with Crippen molar-refractivity contribution < 1.29 is 4.79 Å². The second-order valence-corrected chi connectivity index (χ2v) is 7.12. The summed E-state index contributed by atoms with van der Waals surface area (Å²) in [5, 5.41) is 4.83. The van der Waals surface area contributed by atoms with Gasteiger partial charge in [0.05, 0.1) is 15.8 Å². The molecule has 0 saturated carbocycles. The fraction of sp³-hybridized carbons (Fsp3) is 0.200. The number of hydrogen-bond donors (Lipinski definition) is 1. The Labute approximate surface area is 146 Å². The average Bonchev–Trinajstić information content (AvgIpc) is 2.60.